The van der Waals surface area contributed by atoms with E-state index in [4.69, 9.17) is 20.6 Å². The summed E-state index contributed by atoms with van der Waals surface area (Å²) in [7, 11) is 0. The summed E-state index contributed by atoms with van der Waals surface area (Å²) < 4.78 is 8.01. The molecule has 0 spiro atoms. The third kappa shape index (κ3) is 2.94. The molecule has 3 aromatic rings. The number of anilines is 1. The van der Waals surface area contributed by atoms with Gasteiger partial charge in [-0.1, -0.05) is 37.3 Å². The van der Waals surface area contributed by atoms with Crippen molar-refractivity contribution < 1.29 is 14.6 Å². The first-order valence-corrected chi connectivity index (χ1v) is 12.0. The Morgan fingerprint density at radius 2 is 2.12 bits per heavy atom. The number of carbonyl (C=O) groups is 1. The molecule has 1 saturated carbocycles. The van der Waals surface area contributed by atoms with Gasteiger partial charge >= 0.3 is 0 Å². The summed E-state index contributed by atoms with van der Waals surface area (Å²) in [5.74, 6) is -0.0103. The van der Waals surface area contributed by atoms with Crippen LogP contribution in [0.5, 0.6) is 0 Å². The highest BCUT2D eigenvalue weighted by Crippen LogP contribution is 2.67. The zero-order valence-corrected chi connectivity index (χ0v) is 19.7. The normalized spacial score (nSPS) is 32.3. The number of carbonyl (C=O) groups excluding carboxylic acids is 1. The number of benzene rings is 1. The van der Waals surface area contributed by atoms with Crippen molar-refractivity contribution in [3.63, 3.8) is 0 Å². The molecule has 2 bridgehead atoms. The molecule has 1 amide bonds. The number of pyridine rings is 1. The molecule has 4 aliphatic rings. The van der Waals surface area contributed by atoms with Crippen LogP contribution in [0.3, 0.4) is 0 Å². The molecule has 34 heavy (non-hydrogen) atoms. The Bertz CT molecular complexity index is 1280. The van der Waals surface area contributed by atoms with Crippen LogP contribution in [0.25, 0.3) is 5.65 Å². The van der Waals surface area contributed by atoms with E-state index in [0.717, 1.165) is 36.4 Å². The van der Waals surface area contributed by atoms with Gasteiger partial charge in [-0.2, -0.15) is 0 Å². The lowest BCUT2D eigenvalue weighted by Gasteiger charge is -2.50. The number of hydrogen-bond acceptors (Lipinski definition) is 6. The molecule has 1 aliphatic carbocycles. The maximum Gasteiger partial charge on any atom is 0.218 e. The average Bonchev–Trinajstić information content (AvgIpc) is 3.55. The van der Waals surface area contributed by atoms with E-state index < -0.39 is 11.0 Å². The monoisotopic (exact) mass is 461 g/mol. The lowest BCUT2D eigenvalue weighted by atomic mass is 9.52. The number of hydrogen-bond donors (Lipinski definition) is 2. The molecule has 7 rings (SSSR count). The summed E-state index contributed by atoms with van der Waals surface area (Å²) in [4.78, 5) is 18.9. The molecule has 178 valence electrons. The first-order chi connectivity index (χ1) is 16.3. The van der Waals surface area contributed by atoms with Gasteiger partial charge in [-0.15, -0.1) is 5.10 Å². The number of ether oxygens (including phenoxy) is 1. The smallest absolute Gasteiger partial charge is 0.218 e. The number of primary amides is 1. The highest BCUT2D eigenvalue weighted by atomic mass is 16.5. The van der Waals surface area contributed by atoms with Crippen LogP contribution in [-0.4, -0.2) is 51.9 Å². The second kappa shape index (κ2) is 7.26. The predicted molar refractivity (Wildman–Crippen MR) is 127 cm³/mol. The van der Waals surface area contributed by atoms with E-state index in [2.05, 4.69) is 55.1 Å². The van der Waals surface area contributed by atoms with Gasteiger partial charge in [-0.25, -0.2) is 9.50 Å². The fourth-order valence-electron chi connectivity index (χ4n) is 6.67. The molecular formula is C26H31N5O3. The third-order valence-electron chi connectivity index (χ3n) is 8.53. The van der Waals surface area contributed by atoms with E-state index in [1.54, 1.807) is 0 Å². The first-order valence-electron chi connectivity index (χ1n) is 12.0. The van der Waals surface area contributed by atoms with E-state index in [1.165, 1.54) is 5.56 Å². The van der Waals surface area contributed by atoms with Crippen LogP contribution < -0.4 is 10.6 Å². The molecule has 4 fully saturated rings. The summed E-state index contributed by atoms with van der Waals surface area (Å²) in [5, 5.41) is 15.0. The first kappa shape index (κ1) is 21.6. The number of rotatable bonds is 6. The number of fused-ring (bicyclic) bond motifs is 2. The molecule has 5 heterocycles. The predicted octanol–water partition coefficient (Wildman–Crippen LogP) is 2.31. The Kier molecular flexibility index (Phi) is 4.60. The van der Waals surface area contributed by atoms with Gasteiger partial charge in [0.15, 0.2) is 11.5 Å². The fraction of sp³-hybridized carbons (Fsp3) is 0.500. The highest BCUT2D eigenvalue weighted by Gasteiger charge is 2.72. The molecule has 0 radical (unpaired) electrons. The zero-order chi connectivity index (χ0) is 23.7. The molecule has 8 nitrogen and oxygen atoms in total. The van der Waals surface area contributed by atoms with Crippen LogP contribution >= 0.6 is 0 Å². The van der Waals surface area contributed by atoms with Gasteiger partial charge in [0.1, 0.15) is 5.60 Å². The standard InChI is InChI=1S/C26H31N5O3/c1-17-10-19(30-9-8-24(2,15-30)18-6-4-3-5-7-18)12-31-22(17)28-23(29-31)26-14-25(16-34-26,11-21(27)33)20(26)13-32/h3-7,10,12,20,32H,8-9,11,13-16H2,1-2H3,(H2,27,33)/t20-,24+,25+,26+/m1/s1. The van der Waals surface area contributed by atoms with Gasteiger partial charge in [-0.05, 0) is 37.0 Å². The second-order valence-corrected chi connectivity index (χ2v) is 10.8. The summed E-state index contributed by atoms with van der Waals surface area (Å²) in [6.45, 7) is 6.62. The Morgan fingerprint density at radius 3 is 2.85 bits per heavy atom. The van der Waals surface area contributed by atoms with Gasteiger partial charge in [-0.3, -0.25) is 4.79 Å². The van der Waals surface area contributed by atoms with Gasteiger partial charge < -0.3 is 20.5 Å². The fourth-order valence-corrected chi connectivity index (χ4v) is 6.67. The number of aliphatic hydroxyl groups excluding tert-OH is 1. The number of nitrogens with two attached hydrogens (primary N) is 1. The highest BCUT2D eigenvalue weighted by molar-refractivity contribution is 5.75. The van der Waals surface area contributed by atoms with Gasteiger partial charge in [0, 0.05) is 42.9 Å². The summed E-state index contributed by atoms with van der Waals surface area (Å²) in [6.07, 6.45) is 3.96. The molecular weight excluding hydrogens is 430 g/mol. The van der Waals surface area contributed by atoms with Crippen molar-refractivity contribution >= 4 is 17.2 Å². The molecule has 3 N–H and O–H groups in total. The molecule has 4 atom stereocenters. The Labute approximate surface area is 198 Å². The van der Waals surface area contributed by atoms with E-state index in [0.29, 0.717) is 18.9 Å². The number of amides is 1. The van der Waals surface area contributed by atoms with Crippen molar-refractivity contribution in [2.24, 2.45) is 17.1 Å². The lowest BCUT2D eigenvalue weighted by molar-refractivity contribution is -0.135. The van der Waals surface area contributed by atoms with Crippen LogP contribution in [0.1, 0.15) is 43.1 Å². The van der Waals surface area contributed by atoms with Crippen molar-refractivity contribution in [2.45, 2.75) is 44.1 Å². The minimum atomic E-state index is -0.748. The molecule has 2 aromatic heterocycles. The average molecular weight is 462 g/mol. The SMILES string of the molecule is Cc1cc(N2CC[C@](C)(c3ccccc3)C2)cn2nc([C@@]34C[C@@](CC(N)=O)(CO3)[C@H]4CO)nc12. The van der Waals surface area contributed by atoms with Gasteiger partial charge in [0.05, 0.1) is 18.5 Å². The van der Waals surface area contributed by atoms with E-state index in [-0.39, 0.29) is 30.3 Å². The Morgan fingerprint density at radius 1 is 1.32 bits per heavy atom. The molecule has 0 unspecified atom stereocenters. The quantitative estimate of drug-likeness (QED) is 0.584. The summed E-state index contributed by atoms with van der Waals surface area (Å²) in [5.41, 5.74) is 8.76. The minimum Gasteiger partial charge on any atom is -0.396 e. The number of aliphatic hydroxyl groups is 1. The van der Waals surface area contributed by atoms with Crippen LogP contribution in [0.4, 0.5) is 5.69 Å². The maximum atomic E-state index is 11.6. The largest absolute Gasteiger partial charge is 0.396 e. The van der Waals surface area contributed by atoms with Gasteiger partial charge in [0.25, 0.3) is 0 Å². The van der Waals surface area contributed by atoms with E-state index >= 15 is 0 Å². The van der Waals surface area contributed by atoms with Crippen LogP contribution in [0.2, 0.25) is 0 Å². The van der Waals surface area contributed by atoms with Crippen molar-refractivity contribution in [3.05, 3.63) is 59.5 Å². The third-order valence-corrected chi connectivity index (χ3v) is 8.53. The minimum absolute atomic E-state index is 0.0844. The maximum absolute atomic E-state index is 11.6. The van der Waals surface area contributed by atoms with Crippen LogP contribution in [-0.2, 0) is 20.5 Å². The number of aromatic nitrogens is 3. The van der Waals surface area contributed by atoms with Crippen LogP contribution in [0.15, 0.2) is 42.6 Å². The summed E-state index contributed by atoms with van der Waals surface area (Å²) in [6, 6.07) is 12.9. The number of nitrogens with zero attached hydrogens (tertiary/aromatic N) is 4. The summed E-state index contributed by atoms with van der Waals surface area (Å²) >= 11 is 0. The molecule has 3 aliphatic heterocycles. The second-order valence-electron chi connectivity index (χ2n) is 10.8. The lowest BCUT2D eigenvalue weighted by Crippen LogP contribution is -2.56. The Hall–Kier alpha value is -2.97. The van der Waals surface area contributed by atoms with Crippen molar-refractivity contribution in [1.82, 2.24) is 14.6 Å². The van der Waals surface area contributed by atoms with Crippen molar-refractivity contribution in [1.29, 1.82) is 0 Å². The molecule has 8 heteroatoms. The van der Waals surface area contributed by atoms with Crippen molar-refractivity contribution in [3.8, 4) is 0 Å². The number of aryl methyl sites for hydroxylation is 1. The topological polar surface area (TPSA) is 106 Å². The Balaban J connectivity index is 1.31. The molecule has 3 saturated heterocycles. The van der Waals surface area contributed by atoms with E-state index in [9.17, 15) is 9.90 Å². The van der Waals surface area contributed by atoms with E-state index in [1.807, 2.05) is 10.7 Å². The van der Waals surface area contributed by atoms with Crippen molar-refractivity contribution in [2.75, 3.05) is 31.2 Å². The van der Waals surface area contributed by atoms with Gasteiger partial charge in [0.2, 0.25) is 5.91 Å². The van der Waals surface area contributed by atoms with Crippen LogP contribution in [0, 0.1) is 18.3 Å². The molecule has 1 aromatic carbocycles. The zero-order valence-electron chi connectivity index (χ0n) is 19.7.